The summed E-state index contributed by atoms with van der Waals surface area (Å²) in [4.78, 5) is 4.16. The summed E-state index contributed by atoms with van der Waals surface area (Å²) in [6, 6.07) is 0.366. The fourth-order valence-corrected chi connectivity index (χ4v) is 2.06. The van der Waals surface area contributed by atoms with Crippen molar-refractivity contribution >= 4 is 39.8 Å². The van der Waals surface area contributed by atoms with E-state index in [4.69, 9.17) is 4.74 Å². The average Bonchev–Trinajstić information content (AvgIpc) is 2.37. The highest BCUT2D eigenvalue weighted by atomic mass is 127. The number of nitrogens with one attached hydrogen (secondary N) is 2. The largest absolute Gasteiger partial charge is 0.379 e. The minimum Gasteiger partial charge on any atom is -0.379 e. The summed E-state index contributed by atoms with van der Waals surface area (Å²) in [7, 11) is -1.21. The molecule has 0 saturated carbocycles. The van der Waals surface area contributed by atoms with Gasteiger partial charge in [0.15, 0.2) is 5.96 Å². The first-order valence-corrected chi connectivity index (χ1v) is 9.53. The SMILES string of the molecule is CN=C(NCCOCCS(C)(=O)=O)NC(C)CCC(C)C.I. The molecule has 0 radical (unpaired) electrons. The van der Waals surface area contributed by atoms with Crippen molar-refractivity contribution in [1.82, 2.24) is 10.6 Å². The van der Waals surface area contributed by atoms with Crippen LogP contribution in [0.3, 0.4) is 0 Å². The molecule has 0 bridgehead atoms. The molecule has 0 aliphatic carbocycles. The predicted octanol–water partition coefficient (Wildman–Crippen LogP) is 1.66. The summed E-state index contributed by atoms with van der Waals surface area (Å²) >= 11 is 0. The predicted molar refractivity (Wildman–Crippen MR) is 104 cm³/mol. The van der Waals surface area contributed by atoms with Gasteiger partial charge in [0, 0.05) is 25.9 Å². The smallest absolute Gasteiger partial charge is 0.191 e. The van der Waals surface area contributed by atoms with E-state index in [9.17, 15) is 8.42 Å². The van der Waals surface area contributed by atoms with E-state index in [0.29, 0.717) is 25.1 Å². The van der Waals surface area contributed by atoms with E-state index in [2.05, 4.69) is 36.4 Å². The Morgan fingerprint density at radius 1 is 1.18 bits per heavy atom. The molecule has 134 valence electrons. The van der Waals surface area contributed by atoms with Crippen molar-refractivity contribution in [3.05, 3.63) is 0 Å². The van der Waals surface area contributed by atoms with Crippen molar-refractivity contribution in [3.63, 3.8) is 0 Å². The van der Waals surface area contributed by atoms with Crippen molar-refractivity contribution in [3.8, 4) is 0 Å². The van der Waals surface area contributed by atoms with Crippen LogP contribution in [0.25, 0.3) is 0 Å². The molecule has 0 amide bonds. The number of hydrogen-bond acceptors (Lipinski definition) is 4. The second kappa shape index (κ2) is 13.4. The van der Waals surface area contributed by atoms with Crippen LogP contribution >= 0.6 is 24.0 Å². The van der Waals surface area contributed by atoms with E-state index in [1.54, 1.807) is 7.05 Å². The molecule has 0 saturated heterocycles. The molecule has 0 aliphatic rings. The Bertz CT molecular complexity index is 400. The molecule has 0 fully saturated rings. The van der Waals surface area contributed by atoms with Crippen molar-refractivity contribution in [2.75, 3.05) is 38.8 Å². The summed E-state index contributed by atoms with van der Waals surface area (Å²) < 4.78 is 27.1. The Morgan fingerprint density at radius 2 is 1.82 bits per heavy atom. The molecule has 0 aromatic rings. The molecule has 0 aromatic heterocycles. The van der Waals surface area contributed by atoms with Crippen LogP contribution in [0, 0.1) is 5.92 Å². The Hall–Kier alpha value is -0.0900. The van der Waals surface area contributed by atoms with Gasteiger partial charge in [0.05, 0.1) is 19.0 Å². The number of ether oxygens (including phenoxy) is 1. The molecular formula is C14H32IN3O3S. The van der Waals surface area contributed by atoms with Gasteiger partial charge in [-0.3, -0.25) is 4.99 Å². The quantitative estimate of drug-likeness (QED) is 0.230. The highest BCUT2D eigenvalue weighted by molar-refractivity contribution is 14.0. The van der Waals surface area contributed by atoms with Gasteiger partial charge in [0.2, 0.25) is 0 Å². The Kier molecular flexibility index (Phi) is 14.7. The number of hydrogen-bond donors (Lipinski definition) is 2. The van der Waals surface area contributed by atoms with Gasteiger partial charge in [0.25, 0.3) is 0 Å². The lowest BCUT2D eigenvalue weighted by atomic mass is 10.0. The maximum Gasteiger partial charge on any atom is 0.191 e. The summed E-state index contributed by atoms with van der Waals surface area (Å²) in [5, 5.41) is 6.47. The van der Waals surface area contributed by atoms with Crippen LogP contribution in [-0.2, 0) is 14.6 Å². The van der Waals surface area contributed by atoms with Crippen LogP contribution in [0.5, 0.6) is 0 Å². The van der Waals surface area contributed by atoms with Crippen molar-refractivity contribution < 1.29 is 13.2 Å². The number of rotatable bonds is 10. The number of halogens is 1. The summed E-state index contributed by atoms with van der Waals surface area (Å²) in [5.74, 6) is 1.51. The van der Waals surface area contributed by atoms with E-state index in [1.807, 2.05) is 0 Å². The highest BCUT2D eigenvalue weighted by Gasteiger charge is 2.06. The zero-order valence-corrected chi connectivity index (χ0v) is 17.5. The lowest BCUT2D eigenvalue weighted by Gasteiger charge is -2.18. The fraction of sp³-hybridized carbons (Fsp3) is 0.929. The lowest BCUT2D eigenvalue weighted by Crippen LogP contribution is -2.43. The van der Waals surface area contributed by atoms with Gasteiger partial charge in [0.1, 0.15) is 9.84 Å². The third-order valence-corrected chi connectivity index (χ3v) is 3.83. The standard InChI is InChI=1S/C14H31N3O3S.HI/c1-12(2)6-7-13(3)17-14(15-4)16-8-9-20-10-11-21(5,18)19;/h12-13H,6-11H2,1-5H3,(H2,15,16,17);1H. The second-order valence-corrected chi connectivity index (χ2v) is 8.02. The molecular weight excluding hydrogens is 417 g/mol. The van der Waals surface area contributed by atoms with E-state index in [0.717, 1.165) is 12.4 Å². The maximum atomic E-state index is 10.9. The van der Waals surface area contributed by atoms with E-state index < -0.39 is 9.84 Å². The number of aliphatic imine (C=N–C) groups is 1. The summed E-state index contributed by atoms with van der Waals surface area (Å²) in [5.41, 5.74) is 0. The van der Waals surface area contributed by atoms with Crippen LogP contribution in [-0.4, -0.2) is 59.2 Å². The lowest BCUT2D eigenvalue weighted by molar-refractivity contribution is 0.154. The van der Waals surface area contributed by atoms with Gasteiger partial charge in [-0.1, -0.05) is 13.8 Å². The maximum absolute atomic E-state index is 10.9. The molecule has 0 spiro atoms. The Morgan fingerprint density at radius 3 is 2.32 bits per heavy atom. The molecule has 6 nitrogen and oxygen atoms in total. The summed E-state index contributed by atoms with van der Waals surface area (Å²) in [6.07, 6.45) is 3.49. The molecule has 2 N–H and O–H groups in total. The Balaban J connectivity index is 0. The molecule has 0 aliphatic heterocycles. The molecule has 1 atom stereocenters. The molecule has 0 aromatic carbocycles. The number of sulfone groups is 1. The van der Waals surface area contributed by atoms with E-state index in [-0.39, 0.29) is 36.3 Å². The van der Waals surface area contributed by atoms with Gasteiger partial charge in [-0.2, -0.15) is 0 Å². The summed E-state index contributed by atoms with van der Waals surface area (Å²) in [6.45, 7) is 7.85. The van der Waals surface area contributed by atoms with Gasteiger partial charge in [-0.15, -0.1) is 24.0 Å². The molecule has 1 unspecified atom stereocenters. The van der Waals surface area contributed by atoms with Crippen LogP contribution in [0.15, 0.2) is 4.99 Å². The first-order valence-electron chi connectivity index (χ1n) is 7.47. The monoisotopic (exact) mass is 449 g/mol. The molecule has 8 heteroatoms. The molecule has 0 rings (SSSR count). The minimum atomic E-state index is -2.94. The van der Waals surface area contributed by atoms with E-state index >= 15 is 0 Å². The van der Waals surface area contributed by atoms with Crippen molar-refractivity contribution in [2.24, 2.45) is 10.9 Å². The highest BCUT2D eigenvalue weighted by Crippen LogP contribution is 2.06. The van der Waals surface area contributed by atoms with Gasteiger partial charge >= 0.3 is 0 Å². The number of guanidine groups is 1. The zero-order valence-electron chi connectivity index (χ0n) is 14.4. The normalized spacial score (nSPS) is 13.6. The third-order valence-electron chi connectivity index (χ3n) is 2.92. The molecule has 22 heavy (non-hydrogen) atoms. The zero-order chi connectivity index (χ0) is 16.3. The minimum absolute atomic E-state index is 0. The van der Waals surface area contributed by atoms with Crippen LogP contribution in [0.4, 0.5) is 0 Å². The average molecular weight is 449 g/mol. The second-order valence-electron chi connectivity index (χ2n) is 5.76. The van der Waals surface area contributed by atoms with Gasteiger partial charge < -0.3 is 15.4 Å². The van der Waals surface area contributed by atoms with Crippen LogP contribution in [0.1, 0.15) is 33.6 Å². The molecule has 0 heterocycles. The van der Waals surface area contributed by atoms with Crippen LogP contribution in [0.2, 0.25) is 0 Å². The van der Waals surface area contributed by atoms with Crippen LogP contribution < -0.4 is 10.6 Å². The van der Waals surface area contributed by atoms with Gasteiger partial charge in [-0.25, -0.2) is 8.42 Å². The Labute approximate surface area is 152 Å². The van der Waals surface area contributed by atoms with E-state index in [1.165, 1.54) is 12.7 Å². The third kappa shape index (κ3) is 16.3. The van der Waals surface area contributed by atoms with Crippen molar-refractivity contribution in [2.45, 2.75) is 39.7 Å². The van der Waals surface area contributed by atoms with Crippen molar-refractivity contribution in [1.29, 1.82) is 0 Å². The van der Waals surface area contributed by atoms with Gasteiger partial charge in [-0.05, 0) is 25.7 Å². The topological polar surface area (TPSA) is 79.8 Å². The first-order chi connectivity index (χ1) is 9.74. The fourth-order valence-electron chi connectivity index (χ4n) is 1.64. The first kappa shape index (κ1) is 24.2. The number of nitrogens with zero attached hydrogens (tertiary/aromatic N) is 1.